The summed E-state index contributed by atoms with van der Waals surface area (Å²) in [5, 5.41) is 16.8. The van der Waals surface area contributed by atoms with Crippen molar-refractivity contribution >= 4 is 11.5 Å². The van der Waals surface area contributed by atoms with Crippen LogP contribution in [-0.2, 0) is 6.54 Å². The summed E-state index contributed by atoms with van der Waals surface area (Å²) in [7, 11) is 0. The van der Waals surface area contributed by atoms with Crippen LogP contribution in [0.25, 0.3) is 16.9 Å². The summed E-state index contributed by atoms with van der Waals surface area (Å²) in [6.45, 7) is 0.629. The second kappa shape index (κ2) is 6.42. The van der Waals surface area contributed by atoms with E-state index >= 15 is 0 Å². The Labute approximate surface area is 144 Å². The number of anilines is 1. The van der Waals surface area contributed by atoms with Gasteiger partial charge in [-0.15, -0.1) is 0 Å². The number of aromatic nitrogens is 4. The maximum absolute atomic E-state index is 9.11. The monoisotopic (exact) mass is 326 g/mol. The summed E-state index contributed by atoms with van der Waals surface area (Å²) < 4.78 is 1.76. The van der Waals surface area contributed by atoms with Gasteiger partial charge in [0.2, 0.25) is 0 Å². The molecule has 0 fully saturated rings. The molecule has 0 atom stereocenters. The maximum atomic E-state index is 9.11. The van der Waals surface area contributed by atoms with Crippen LogP contribution in [0.1, 0.15) is 11.1 Å². The molecule has 6 heteroatoms. The van der Waals surface area contributed by atoms with Crippen molar-refractivity contribution in [1.82, 2.24) is 19.6 Å². The molecular formula is C19H14N6. The zero-order valence-electron chi connectivity index (χ0n) is 13.3. The number of benzene rings is 1. The Hall–Kier alpha value is -3.72. The molecule has 0 saturated carbocycles. The predicted molar refractivity (Wildman–Crippen MR) is 94.7 cm³/mol. The van der Waals surface area contributed by atoms with E-state index in [1.165, 1.54) is 0 Å². The molecule has 3 heterocycles. The van der Waals surface area contributed by atoms with Crippen molar-refractivity contribution < 1.29 is 0 Å². The van der Waals surface area contributed by atoms with Gasteiger partial charge in [0.1, 0.15) is 5.82 Å². The lowest BCUT2D eigenvalue weighted by Gasteiger charge is -2.11. The Morgan fingerprint density at radius 3 is 2.88 bits per heavy atom. The Morgan fingerprint density at radius 1 is 1.08 bits per heavy atom. The molecule has 1 aromatic carbocycles. The highest BCUT2D eigenvalue weighted by Gasteiger charge is 2.09. The molecule has 0 spiro atoms. The van der Waals surface area contributed by atoms with Crippen molar-refractivity contribution in [3.63, 3.8) is 0 Å². The molecule has 1 N–H and O–H groups in total. The molecule has 0 radical (unpaired) electrons. The number of fused-ring (bicyclic) bond motifs is 1. The predicted octanol–water partition coefficient (Wildman–Crippen LogP) is 3.28. The standard InChI is InChI=1S/C19H14N6/c20-11-14-3-1-5-16(9-14)17-10-19(25-18(24-17)6-8-23-25)22-13-15-4-2-7-21-12-15/h1-10,12,22H,13H2. The average Bonchev–Trinajstić information content (AvgIpc) is 3.15. The Kier molecular flexibility index (Phi) is 3.81. The molecule has 120 valence electrons. The molecule has 0 unspecified atom stereocenters. The number of nitriles is 1. The fraction of sp³-hybridized carbons (Fsp3) is 0.0526. The second-order valence-corrected chi connectivity index (χ2v) is 5.54. The van der Waals surface area contributed by atoms with Crippen molar-refractivity contribution in [2.75, 3.05) is 5.32 Å². The van der Waals surface area contributed by atoms with Crippen LogP contribution >= 0.6 is 0 Å². The lowest BCUT2D eigenvalue weighted by atomic mass is 10.1. The van der Waals surface area contributed by atoms with Crippen LogP contribution in [0.2, 0.25) is 0 Å². The van der Waals surface area contributed by atoms with Gasteiger partial charge < -0.3 is 5.32 Å². The van der Waals surface area contributed by atoms with E-state index < -0.39 is 0 Å². The van der Waals surface area contributed by atoms with E-state index in [0.29, 0.717) is 12.1 Å². The van der Waals surface area contributed by atoms with Crippen LogP contribution in [0.15, 0.2) is 67.1 Å². The lowest BCUT2D eigenvalue weighted by molar-refractivity contribution is 0.925. The highest BCUT2D eigenvalue weighted by atomic mass is 15.3. The van der Waals surface area contributed by atoms with Gasteiger partial charge in [0, 0.05) is 36.6 Å². The van der Waals surface area contributed by atoms with Gasteiger partial charge in [-0.05, 0) is 23.8 Å². The third-order valence-corrected chi connectivity index (χ3v) is 3.84. The van der Waals surface area contributed by atoms with Gasteiger partial charge in [0.25, 0.3) is 0 Å². The maximum Gasteiger partial charge on any atom is 0.157 e. The molecule has 0 aliphatic rings. The van der Waals surface area contributed by atoms with E-state index in [9.17, 15) is 0 Å². The van der Waals surface area contributed by atoms with Crippen LogP contribution in [-0.4, -0.2) is 19.6 Å². The normalized spacial score (nSPS) is 10.5. The summed E-state index contributed by atoms with van der Waals surface area (Å²) in [5.41, 5.74) is 4.12. The first kappa shape index (κ1) is 14.8. The third-order valence-electron chi connectivity index (χ3n) is 3.84. The fourth-order valence-corrected chi connectivity index (χ4v) is 2.63. The van der Waals surface area contributed by atoms with Crippen LogP contribution < -0.4 is 5.32 Å². The van der Waals surface area contributed by atoms with Crippen LogP contribution in [0.3, 0.4) is 0 Å². The van der Waals surface area contributed by atoms with Crippen molar-refractivity contribution in [2.45, 2.75) is 6.54 Å². The van der Waals surface area contributed by atoms with Gasteiger partial charge >= 0.3 is 0 Å². The highest BCUT2D eigenvalue weighted by Crippen LogP contribution is 2.23. The summed E-state index contributed by atoms with van der Waals surface area (Å²) >= 11 is 0. The number of pyridine rings is 1. The van der Waals surface area contributed by atoms with Crippen molar-refractivity contribution in [3.8, 4) is 17.3 Å². The first-order valence-electron chi connectivity index (χ1n) is 7.81. The van der Waals surface area contributed by atoms with E-state index in [4.69, 9.17) is 5.26 Å². The summed E-state index contributed by atoms with van der Waals surface area (Å²) in [5.74, 6) is 0.830. The molecule has 25 heavy (non-hydrogen) atoms. The van der Waals surface area contributed by atoms with Crippen LogP contribution in [0.5, 0.6) is 0 Å². The van der Waals surface area contributed by atoms with E-state index in [1.807, 2.05) is 48.7 Å². The van der Waals surface area contributed by atoms with Gasteiger partial charge in [0.15, 0.2) is 5.65 Å². The molecule has 0 amide bonds. The van der Waals surface area contributed by atoms with Gasteiger partial charge in [0.05, 0.1) is 23.5 Å². The zero-order chi connectivity index (χ0) is 17.1. The number of nitrogens with one attached hydrogen (secondary N) is 1. The fourth-order valence-electron chi connectivity index (χ4n) is 2.63. The lowest BCUT2D eigenvalue weighted by Crippen LogP contribution is -2.06. The minimum Gasteiger partial charge on any atom is -0.366 e. The van der Waals surface area contributed by atoms with E-state index in [0.717, 1.165) is 28.3 Å². The number of rotatable bonds is 4. The van der Waals surface area contributed by atoms with Gasteiger partial charge in [-0.1, -0.05) is 18.2 Å². The van der Waals surface area contributed by atoms with E-state index in [-0.39, 0.29) is 0 Å². The van der Waals surface area contributed by atoms with Crippen LogP contribution in [0, 0.1) is 11.3 Å². The first-order valence-corrected chi connectivity index (χ1v) is 7.81. The third kappa shape index (κ3) is 3.03. The largest absolute Gasteiger partial charge is 0.366 e. The number of hydrogen-bond donors (Lipinski definition) is 1. The smallest absolute Gasteiger partial charge is 0.157 e. The van der Waals surface area contributed by atoms with Gasteiger partial charge in [-0.2, -0.15) is 14.9 Å². The van der Waals surface area contributed by atoms with Crippen LogP contribution in [0.4, 0.5) is 5.82 Å². The molecular weight excluding hydrogens is 312 g/mol. The van der Waals surface area contributed by atoms with Crippen molar-refractivity contribution in [3.05, 3.63) is 78.2 Å². The molecule has 0 bridgehead atoms. The number of nitrogens with zero attached hydrogens (tertiary/aromatic N) is 5. The Balaban J connectivity index is 1.73. The van der Waals surface area contributed by atoms with E-state index in [1.54, 1.807) is 23.0 Å². The topological polar surface area (TPSA) is 78.9 Å². The molecule has 0 aliphatic carbocycles. The molecule has 0 saturated heterocycles. The number of hydrogen-bond acceptors (Lipinski definition) is 5. The van der Waals surface area contributed by atoms with E-state index in [2.05, 4.69) is 26.5 Å². The Bertz CT molecular complexity index is 1060. The SMILES string of the molecule is N#Cc1cccc(-c2cc(NCc3cccnc3)n3nccc3n2)c1. The van der Waals surface area contributed by atoms with Crippen molar-refractivity contribution in [1.29, 1.82) is 5.26 Å². The molecule has 4 aromatic rings. The highest BCUT2D eigenvalue weighted by molar-refractivity contribution is 5.67. The first-order chi connectivity index (χ1) is 12.3. The summed E-state index contributed by atoms with van der Waals surface area (Å²) in [6.07, 6.45) is 5.29. The summed E-state index contributed by atoms with van der Waals surface area (Å²) in [6, 6.07) is 17.3. The molecule has 6 nitrogen and oxygen atoms in total. The molecule has 0 aliphatic heterocycles. The second-order valence-electron chi connectivity index (χ2n) is 5.54. The average molecular weight is 326 g/mol. The minimum absolute atomic E-state index is 0.609. The molecule has 3 aromatic heterocycles. The van der Waals surface area contributed by atoms with Gasteiger partial charge in [-0.25, -0.2) is 4.98 Å². The molecule has 4 rings (SSSR count). The summed E-state index contributed by atoms with van der Waals surface area (Å²) in [4.78, 5) is 8.76. The van der Waals surface area contributed by atoms with Crippen molar-refractivity contribution in [2.24, 2.45) is 0 Å². The minimum atomic E-state index is 0.609. The quantitative estimate of drug-likeness (QED) is 0.622. The zero-order valence-corrected chi connectivity index (χ0v) is 13.3. The Morgan fingerprint density at radius 2 is 2.04 bits per heavy atom. The van der Waals surface area contributed by atoms with Gasteiger partial charge in [-0.3, -0.25) is 4.98 Å².